The number of ketones is 1. The number of anilines is 4. The fraction of sp³-hybridized carbons (Fsp3) is 0.190. The second-order valence-corrected chi connectivity index (χ2v) is 6.14. The van der Waals surface area contributed by atoms with Crippen LogP contribution in [0.25, 0.3) is 0 Å². The van der Waals surface area contributed by atoms with E-state index in [1.807, 2.05) is 37.3 Å². The van der Waals surface area contributed by atoms with Crippen LogP contribution >= 0.6 is 0 Å². The molecule has 0 amide bonds. The Balaban J connectivity index is 1.88. The van der Waals surface area contributed by atoms with Gasteiger partial charge in [-0.1, -0.05) is 12.1 Å². The molecule has 1 heterocycles. The van der Waals surface area contributed by atoms with E-state index in [4.69, 9.17) is 9.47 Å². The third-order valence-electron chi connectivity index (χ3n) is 4.05. The van der Waals surface area contributed by atoms with E-state index in [1.54, 1.807) is 32.4 Å². The molecule has 0 aliphatic heterocycles. The largest absolute Gasteiger partial charge is 0.497 e. The van der Waals surface area contributed by atoms with Crippen LogP contribution in [0.4, 0.5) is 23.0 Å². The molecule has 0 radical (unpaired) electrons. The average molecular weight is 378 g/mol. The monoisotopic (exact) mass is 378 g/mol. The number of hydrogen-bond donors (Lipinski definition) is 2. The third kappa shape index (κ3) is 4.56. The van der Waals surface area contributed by atoms with Gasteiger partial charge in [0.2, 0.25) is 0 Å². The summed E-state index contributed by atoms with van der Waals surface area (Å²) < 4.78 is 10.7. The minimum absolute atomic E-state index is 0.00925. The predicted molar refractivity (Wildman–Crippen MR) is 109 cm³/mol. The van der Waals surface area contributed by atoms with E-state index in [0.717, 1.165) is 11.4 Å². The number of methoxy groups -OCH3 is 2. The van der Waals surface area contributed by atoms with Crippen molar-refractivity contribution < 1.29 is 14.3 Å². The molecule has 0 saturated carbocycles. The van der Waals surface area contributed by atoms with Crippen molar-refractivity contribution in [1.29, 1.82) is 0 Å². The summed E-state index contributed by atoms with van der Waals surface area (Å²) in [5.41, 5.74) is 2.13. The summed E-state index contributed by atoms with van der Waals surface area (Å²) in [6.07, 6.45) is 0. The zero-order chi connectivity index (χ0) is 20.1. The van der Waals surface area contributed by atoms with E-state index < -0.39 is 0 Å². The molecule has 7 nitrogen and oxygen atoms in total. The lowest BCUT2D eigenvalue weighted by Crippen LogP contribution is -2.03. The van der Waals surface area contributed by atoms with Gasteiger partial charge in [-0.25, -0.2) is 9.97 Å². The summed E-state index contributed by atoms with van der Waals surface area (Å²) in [5, 5.41) is 6.46. The minimum atomic E-state index is 0.00925. The van der Waals surface area contributed by atoms with Crippen molar-refractivity contribution in [2.75, 3.05) is 24.9 Å². The van der Waals surface area contributed by atoms with Crippen molar-refractivity contribution in [3.05, 3.63) is 59.9 Å². The van der Waals surface area contributed by atoms with Crippen LogP contribution in [0.2, 0.25) is 0 Å². The van der Waals surface area contributed by atoms with E-state index in [9.17, 15) is 4.79 Å². The summed E-state index contributed by atoms with van der Waals surface area (Å²) in [6, 6.07) is 14.5. The Kier molecular flexibility index (Phi) is 5.74. The fourth-order valence-electron chi connectivity index (χ4n) is 2.71. The predicted octanol–water partition coefficient (Wildman–Crippen LogP) is 4.49. The standard InChI is InChI=1S/C21H22N4O3/c1-13(26)15-6-5-7-16(10-15)24-20-12-21(23-14(2)22-20)25-18-11-17(27-3)8-9-19(18)28-4/h5-12H,1-4H3,(H2,22,23,24,25). The number of rotatable bonds is 7. The molecule has 0 atom stereocenters. The Labute approximate surface area is 163 Å². The van der Waals surface area contributed by atoms with Gasteiger partial charge in [0.1, 0.15) is 29.0 Å². The zero-order valence-electron chi connectivity index (χ0n) is 16.2. The van der Waals surface area contributed by atoms with Gasteiger partial charge < -0.3 is 20.1 Å². The average Bonchev–Trinajstić information content (AvgIpc) is 2.67. The molecule has 0 spiro atoms. The van der Waals surface area contributed by atoms with Crippen LogP contribution in [0.3, 0.4) is 0 Å². The lowest BCUT2D eigenvalue weighted by molar-refractivity contribution is 0.101. The number of hydrogen-bond acceptors (Lipinski definition) is 7. The maximum absolute atomic E-state index is 11.6. The highest BCUT2D eigenvalue weighted by Gasteiger charge is 2.09. The highest BCUT2D eigenvalue weighted by atomic mass is 16.5. The van der Waals surface area contributed by atoms with Crippen LogP contribution in [-0.4, -0.2) is 30.0 Å². The molecule has 0 bridgehead atoms. The molecular formula is C21H22N4O3. The molecule has 7 heteroatoms. The topological polar surface area (TPSA) is 85.4 Å². The second-order valence-electron chi connectivity index (χ2n) is 6.14. The van der Waals surface area contributed by atoms with Gasteiger partial charge >= 0.3 is 0 Å². The lowest BCUT2D eigenvalue weighted by atomic mass is 10.1. The number of Topliss-reactive ketones (excluding diaryl/α,β-unsaturated/α-hetero) is 1. The smallest absolute Gasteiger partial charge is 0.159 e. The first-order chi connectivity index (χ1) is 13.5. The Morgan fingerprint density at radius 1 is 0.929 bits per heavy atom. The van der Waals surface area contributed by atoms with Gasteiger partial charge in [0, 0.05) is 23.4 Å². The molecule has 2 N–H and O–H groups in total. The number of ether oxygens (including phenoxy) is 2. The Bertz CT molecular complexity index is 1000. The maximum atomic E-state index is 11.6. The van der Waals surface area contributed by atoms with Gasteiger partial charge in [0.25, 0.3) is 0 Å². The quantitative estimate of drug-likeness (QED) is 0.586. The molecule has 3 aromatic rings. The summed E-state index contributed by atoms with van der Waals surface area (Å²) in [4.78, 5) is 20.4. The summed E-state index contributed by atoms with van der Waals surface area (Å²) in [6.45, 7) is 3.35. The Morgan fingerprint density at radius 3 is 2.36 bits per heavy atom. The molecule has 28 heavy (non-hydrogen) atoms. The van der Waals surface area contributed by atoms with Crippen LogP contribution in [0, 0.1) is 6.92 Å². The van der Waals surface area contributed by atoms with Gasteiger partial charge in [-0.3, -0.25) is 4.79 Å². The molecule has 2 aromatic carbocycles. The van der Waals surface area contributed by atoms with Crippen molar-refractivity contribution in [1.82, 2.24) is 9.97 Å². The number of nitrogens with one attached hydrogen (secondary N) is 2. The van der Waals surface area contributed by atoms with Crippen molar-refractivity contribution in [3.63, 3.8) is 0 Å². The first-order valence-electron chi connectivity index (χ1n) is 8.71. The molecule has 0 fully saturated rings. The number of benzene rings is 2. The van der Waals surface area contributed by atoms with Gasteiger partial charge in [0.15, 0.2) is 5.78 Å². The maximum Gasteiger partial charge on any atom is 0.159 e. The molecule has 1 aromatic heterocycles. The summed E-state index contributed by atoms with van der Waals surface area (Å²) >= 11 is 0. The second kappa shape index (κ2) is 8.39. The van der Waals surface area contributed by atoms with E-state index in [2.05, 4.69) is 20.6 Å². The summed E-state index contributed by atoms with van der Waals surface area (Å²) in [7, 11) is 3.21. The third-order valence-corrected chi connectivity index (χ3v) is 4.05. The highest BCUT2D eigenvalue weighted by Crippen LogP contribution is 2.31. The van der Waals surface area contributed by atoms with Crippen molar-refractivity contribution in [3.8, 4) is 11.5 Å². The van der Waals surface area contributed by atoms with E-state index >= 15 is 0 Å². The van der Waals surface area contributed by atoms with Gasteiger partial charge in [0.05, 0.1) is 19.9 Å². The summed E-state index contributed by atoms with van der Waals surface area (Å²) in [5.74, 6) is 3.18. The number of carbonyl (C=O) groups is 1. The fourth-order valence-corrected chi connectivity index (χ4v) is 2.71. The molecule has 144 valence electrons. The van der Waals surface area contributed by atoms with E-state index in [-0.39, 0.29) is 5.78 Å². The van der Waals surface area contributed by atoms with Crippen molar-refractivity contribution in [2.45, 2.75) is 13.8 Å². The molecule has 0 aliphatic carbocycles. The normalized spacial score (nSPS) is 10.3. The van der Waals surface area contributed by atoms with Gasteiger partial charge in [-0.05, 0) is 38.1 Å². The van der Waals surface area contributed by atoms with Crippen LogP contribution in [-0.2, 0) is 0 Å². The molecule has 0 unspecified atom stereocenters. The first-order valence-corrected chi connectivity index (χ1v) is 8.71. The SMILES string of the molecule is COc1ccc(OC)c(Nc2cc(Nc3cccc(C(C)=O)c3)nc(C)n2)c1. The number of nitrogens with zero attached hydrogens (tertiary/aromatic N) is 2. The molecular weight excluding hydrogens is 356 g/mol. The molecule has 3 rings (SSSR count). The van der Waals surface area contributed by atoms with Crippen molar-refractivity contribution >= 4 is 28.8 Å². The lowest BCUT2D eigenvalue weighted by Gasteiger charge is -2.14. The van der Waals surface area contributed by atoms with E-state index in [1.165, 1.54) is 6.92 Å². The van der Waals surface area contributed by atoms with Crippen LogP contribution in [0.1, 0.15) is 23.1 Å². The van der Waals surface area contributed by atoms with Gasteiger partial charge in [-0.15, -0.1) is 0 Å². The molecule has 0 saturated heterocycles. The zero-order valence-corrected chi connectivity index (χ0v) is 16.2. The highest BCUT2D eigenvalue weighted by molar-refractivity contribution is 5.95. The van der Waals surface area contributed by atoms with Crippen LogP contribution in [0.5, 0.6) is 11.5 Å². The van der Waals surface area contributed by atoms with Crippen LogP contribution < -0.4 is 20.1 Å². The Morgan fingerprint density at radius 2 is 1.68 bits per heavy atom. The minimum Gasteiger partial charge on any atom is -0.497 e. The van der Waals surface area contributed by atoms with Gasteiger partial charge in [-0.2, -0.15) is 0 Å². The molecule has 0 aliphatic rings. The Hall–Kier alpha value is -3.61. The number of aryl methyl sites for hydroxylation is 1. The van der Waals surface area contributed by atoms with E-state index in [0.29, 0.717) is 34.5 Å². The number of carbonyl (C=O) groups excluding carboxylic acids is 1. The van der Waals surface area contributed by atoms with Crippen LogP contribution in [0.15, 0.2) is 48.5 Å². The number of aromatic nitrogens is 2. The van der Waals surface area contributed by atoms with Crippen molar-refractivity contribution in [2.24, 2.45) is 0 Å². The first kappa shape index (κ1) is 19.2.